The summed E-state index contributed by atoms with van der Waals surface area (Å²) >= 11 is 0. The fourth-order valence-corrected chi connectivity index (χ4v) is 1.86. The lowest BCUT2D eigenvalue weighted by Crippen LogP contribution is -2.17. The van der Waals surface area contributed by atoms with Gasteiger partial charge < -0.3 is 14.2 Å². The van der Waals surface area contributed by atoms with E-state index in [0.717, 1.165) is 31.1 Å². The molecule has 0 bridgehead atoms. The van der Waals surface area contributed by atoms with E-state index in [2.05, 4.69) is 13.2 Å². The molecule has 1 aliphatic heterocycles. The number of ether oxygens (including phenoxy) is 3. The third-order valence-electron chi connectivity index (χ3n) is 3.16. The van der Waals surface area contributed by atoms with Crippen LogP contribution in [0.1, 0.15) is 25.3 Å². The molecule has 0 saturated carbocycles. The molecule has 0 aromatic heterocycles. The highest BCUT2D eigenvalue weighted by atomic mass is 16.6. The molecular formula is C19H24O5. The van der Waals surface area contributed by atoms with Crippen LogP contribution in [0.4, 0.5) is 0 Å². The van der Waals surface area contributed by atoms with Gasteiger partial charge in [-0.2, -0.15) is 0 Å². The summed E-state index contributed by atoms with van der Waals surface area (Å²) in [7, 11) is 0. The van der Waals surface area contributed by atoms with Gasteiger partial charge >= 0.3 is 11.9 Å². The largest absolute Gasteiger partial charge is 0.460 e. The summed E-state index contributed by atoms with van der Waals surface area (Å²) in [6.45, 7) is 9.88. The van der Waals surface area contributed by atoms with Crippen molar-refractivity contribution in [3.05, 3.63) is 60.7 Å². The maximum atomic E-state index is 10.9. The van der Waals surface area contributed by atoms with E-state index in [9.17, 15) is 9.59 Å². The van der Waals surface area contributed by atoms with Gasteiger partial charge in [-0.3, -0.25) is 0 Å². The Kier molecular flexibility index (Phi) is 9.16. The van der Waals surface area contributed by atoms with Crippen LogP contribution in [0, 0.1) is 0 Å². The molecule has 24 heavy (non-hydrogen) atoms. The van der Waals surface area contributed by atoms with E-state index in [4.69, 9.17) is 14.2 Å². The van der Waals surface area contributed by atoms with Crippen molar-refractivity contribution >= 4 is 11.9 Å². The third-order valence-corrected chi connectivity index (χ3v) is 3.16. The molecule has 0 spiro atoms. The highest BCUT2D eigenvalue weighted by Crippen LogP contribution is 2.12. The maximum absolute atomic E-state index is 10.9. The van der Waals surface area contributed by atoms with Gasteiger partial charge in [0.25, 0.3) is 0 Å². The Morgan fingerprint density at radius 2 is 2.00 bits per heavy atom. The molecule has 1 fully saturated rings. The number of carbonyl (C=O) groups is 2. The van der Waals surface area contributed by atoms with Crippen LogP contribution in [0.15, 0.2) is 55.1 Å². The van der Waals surface area contributed by atoms with Crippen molar-refractivity contribution in [3.8, 4) is 0 Å². The van der Waals surface area contributed by atoms with E-state index in [1.54, 1.807) is 6.92 Å². The molecule has 1 unspecified atom stereocenters. The smallest absolute Gasteiger partial charge is 0.333 e. The zero-order chi connectivity index (χ0) is 17.8. The summed E-state index contributed by atoms with van der Waals surface area (Å²) < 4.78 is 15.0. The van der Waals surface area contributed by atoms with Gasteiger partial charge in [0.1, 0.15) is 13.2 Å². The monoisotopic (exact) mass is 332 g/mol. The highest BCUT2D eigenvalue weighted by molar-refractivity contribution is 5.86. The van der Waals surface area contributed by atoms with Crippen molar-refractivity contribution < 1.29 is 23.8 Å². The SMILES string of the molecule is C=C(C)C(=O)OCC1CCCO1.C=CC(=O)OCc1ccccc1. The van der Waals surface area contributed by atoms with Crippen molar-refractivity contribution in [2.75, 3.05) is 13.2 Å². The molecule has 130 valence electrons. The van der Waals surface area contributed by atoms with Crippen molar-refractivity contribution in [2.45, 2.75) is 32.5 Å². The van der Waals surface area contributed by atoms with Crippen molar-refractivity contribution in [2.24, 2.45) is 0 Å². The fraction of sp³-hybridized carbons (Fsp3) is 0.368. The first-order chi connectivity index (χ1) is 11.5. The molecular weight excluding hydrogens is 308 g/mol. The lowest BCUT2D eigenvalue weighted by Gasteiger charge is -2.09. The van der Waals surface area contributed by atoms with Gasteiger partial charge in [0.2, 0.25) is 0 Å². The first kappa shape index (κ1) is 19.6. The number of rotatable bonds is 6. The van der Waals surface area contributed by atoms with Crippen molar-refractivity contribution in [3.63, 3.8) is 0 Å². The van der Waals surface area contributed by atoms with Crippen LogP contribution in [0.5, 0.6) is 0 Å². The fourth-order valence-electron chi connectivity index (χ4n) is 1.86. The standard InChI is InChI=1S/C10H10O2.C9H14O3/c1-2-10(11)12-8-9-6-4-3-5-7-9;1-7(2)9(10)12-6-8-4-3-5-11-8/h2-7H,1,8H2;8H,1,3-6H2,2H3. The topological polar surface area (TPSA) is 61.8 Å². The van der Waals surface area contributed by atoms with Crippen LogP contribution in [0.2, 0.25) is 0 Å². The molecule has 5 heteroatoms. The molecule has 0 aliphatic carbocycles. The van der Waals surface area contributed by atoms with E-state index >= 15 is 0 Å². The predicted octanol–water partition coefficient (Wildman–Crippen LogP) is 3.20. The molecule has 0 N–H and O–H groups in total. The van der Waals surface area contributed by atoms with E-state index < -0.39 is 0 Å². The first-order valence-corrected chi connectivity index (χ1v) is 7.80. The van der Waals surface area contributed by atoms with E-state index in [-0.39, 0.29) is 18.0 Å². The molecule has 2 rings (SSSR count). The average Bonchev–Trinajstić information content (AvgIpc) is 3.12. The number of hydrogen-bond acceptors (Lipinski definition) is 5. The van der Waals surface area contributed by atoms with Crippen LogP contribution in [-0.2, 0) is 30.4 Å². The minimum Gasteiger partial charge on any atom is -0.460 e. The number of carbonyl (C=O) groups excluding carboxylic acids is 2. The quantitative estimate of drug-likeness (QED) is 0.591. The van der Waals surface area contributed by atoms with Gasteiger partial charge in [0.05, 0.1) is 6.10 Å². The highest BCUT2D eigenvalue weighted by Gasteiger charge is 2.17. The van der Waals surface area contributed by atoms with Gasteiger partial charge in [-0.05, 0) is 25.3 Å². The average molecular weight is 332 g/mol. The summed E-state index contributed by atoms with van der Waals surface area (Å²) in [6, 6.07) is 9.51. The summed E-state index contributed by atoms with van der Waals surface area (Å²) in [5.41, 5.74) is 1.42. The van der Waals surface area contributed by atoms with Crippen LogP contribution in [0.3, 0.4) is 0 Å². The van der Waals surface area contributed by atoms with Gasteiger partial charge in [0, 0.05) is 18.3 Å². The Morgan fingerprint density at radius 1 is 1.29 bits per heavy atom. The lowest BCUT2D eigenvalue weighted by atomic mass is 10.2. The minimum absolute atomic E-state index is 0.105. The molecule has 1 heterocycles. The predicted molar refractivity (Wildman–Crippen MR) is 91.2 cm³/mol. The van der Waals surface area contributed by atoms with Crippen molar-refractivity contribution in [1.82, 2.24) is 0 Å². The number of benzene rings is 1. The summed E-state index contributed by atoms with van der Waals surface area (Å²) in [4.78, 5) is 21.6. The molecule has 1 atom stereocenters. The van der Waals surface area contributed by atoms with E-state index in [1.807, 2.05) is 30.3 Å². The number of esters is 2. The number of hydrogen-bond donors (Lipinski definition) is 0. The Morgan fingerprint density at radius 3 is 2.54 bits per heavy atom. The normalized spacial score (nSPS) is 15.6. The Hall–Kier alpha value is -2.40. The zero-order valence-corrected chi connectivity index (χ0v) is 14.0. The second-order valence-electron chi connectivity index (χ2n) is 5.31. The molecule has 0 radical (unpaired) electrons. The molecule has 1 saturated heterocycles. The summed E-state index contributed by atoms with van der Waals surface area (Å²) in [5, 5.41) is 0. The van der Waals surface area contributed by atoms with Crippen molar-refractivity contribution in [1.29, 1.82) is 0 Å². The van der Waals surface area contributed by atoms with Gasteiger partial charge in [-0.15, -0.1) is 0 Å². The first-order valence-electron chi connectivity index (χ1n) is 7.80. The Bertz CT molecular complexity index is 544. The van der Waals surface area contributed by atoms with Crippen LogP contribution in [-0.4, -0.2) is 31.3 Å². The minimum atomic E-state index is -0.390. The molecule has 1 aromatic rings. The maximum Gasteiger partial charge on any atom is 0.333 e. The Labute approximate surface area is 142 Å². The van der Waals surface area contributed by atoms with Gasteiger partial charge in [-0.1, -0.05) is 43.5 Å². The van der Waals surface area contributed by atoms with Crippen LogP contribution < -0.4 is 0 Å². The molecule has 1 aromatic carbocycles. The molecule has 1 aliphatic rings. The molecule has 5 nitrogen and oxygen atoms in total. The van der Waals surface area contributed by atoms with Gasteiger partial charge in [-0.25, -0.2) is 9.59 Å². The third kappa shape index (κ3) is 8.29. The van der Waals surface area contributed by atoms with Crippen LogP contribution >= 0.6 is 0 Å². The summed E-state index contributed by atoms with van der Waals surface area (Å²) in [6.07, 6.45) is 3.31. The van der Waals surface area contributed by atoms with Gasteiger partial charge in [0.15, 0.2) is 0 Å². The molecule has 0 amide bonds. The van der Waals surface area contributed by atoms with E-state index in [0.29, 0.717) is 18.8 Å². The van der Waals surface area contributed by atoms with E-state index in [1.165, 1.54) is 0 Å². The lowest BCUT2D eigenvalue weighted by molar-refractivity contribution is -0.142. The second kappa shape index (κ2) is 11.2. The summed E-state index contributed by atoms with van der Waals surface area (Å²) in [5.74, 6) is -0.718. The second-order valence-corrected chi connectivity index (χ2v) is 5.31. The zero-order valence-electron chi connectivity index (χ0n) is 14.0. The Balaban J connectivity index is 0.000000240. The van der Waals surface area contributed by atoms with Crippen LogP contribution in [0.25, 0.3) is 0 Å².